The van der Waals surface area contributed by atoms with Crippen LogP contribution in [0.4, 0.5) is 11.4 Å². The van der Waals surface area contributed by atoms with E-state index in [0.717, 1.165) is 5.56 Å². The van der Waals surface area contributed by atoms with E-state index in [9.17, 15) is 4.79 Å². The molecule has 0 aliphatic rings. The van der Waals surface area contributed by atoms with Crippen molar-refractivity contribution in [2.75, 3.05) is 17.7 Å². The number of amides is 1. The third-order valence-electron chi connectivity index (χ3n) is 2.90. The molecule has 2 rings (SSSR count). The Hall–Kier alpha value is -1.72. The molecule has 6 heteroatoms. The molecule has 0 fully saturated rings. The average molecular weight is 370 g/mol. The largest absolute Gasteiger partial charge is 0.483 e. The Morgan fingerprint density at radius 1 is 1.38 bits per heavy atom. The van der Waals surface area contributed by atoms with Crippen LogP contribution in [0.25, 0.3) is 0 Å². The monoisotopic (exact) mass is 368 g/mol. The highest BCUT2D eigenvalue weighted by Gasteiger charge is 2.08. The van der Waals surface area contributed by atoms with E-state index in [1.165, 1.54) is 0 Å². The Balaban J connectivity index is 1.97. The molecule has 1 amide bonds. The number of carbonyl (C=O) groups is 1. The van der Waals surface area contributed by atoms with Gasteiger partial charge in [-0.15, -0.1) is 0 Å². The van der Waals surface area contributed by atoms with Gasteiger partial charge in [-0.2, -0.15) is 0 Å². The van der Waals surface area contributed by atoms with Gasteiger partial charge in [0.1, 0.15) is 5.75 Å². The van der Waals surface area contributed by atoms with Crippen LogP contribution in [0.3, 0.4) is 0 Å². The molecule has 2 aromatic rings. The highest BCUT2D eigenvalue weighted by molar-refractivity contribution is 9.10. The van der Waals surface area contributed by atoms with Crippen molar-refractivity contribution in [2.24, 2.45) is 0 Å². The highest BCUT2D eigenvalue weighted by atomic mass is 79.9. The Bertz CT molecular complexity index is 677. The van der Waals surface area contributed by atoms with Crippen molar-refractivity contribution in [3.63, 3.8) is 0 Å². The van der Waals surface area contributed by atoms with Gasteiger partial charge in [-0.3, -0.25) is 4.79 Å². The van der Waals surface area contributed by atoms with Crippen LogP contribution in [0, 0.1) is 6.92 Å². The summed E-state index contributed by atoms with van der Waals surface area (Å²) in [6.07, 6.45) is 0. The van der Waals surface area contributed by atoms with Crippen molar-refractivity contribution in [1.82, 2.24) is 0 Å². The molecule has 110 valence electrons. The van der Waals surface area contributed by atoms with Crippen LogP contribution in [0.15, 0.2) is 40.9 Å². The molecule has 2 aromatic carbocycles. The van der Waals surface area contributed by atoms with E-state index in [-0.39, 0.29) is 12.5 Å². The SMILES string of the molecule is Cc1c(N)cccc1NC(=O)COc1ccc(Cl)cc1Br. The number of halogens is 2. The maximum atomic E-state index is 11.9. The molecule has 0 aliphatic carbocycles. The second kappa shape index (κ2) is 6.83. The fourth-order valence-corrected chi connectivity index (χ4v) is 2.51. The topological polar surface area (TPSA) is 64.3 Å². The van der Waals surface area contributed by atoms with E-state index >= 15 is 0 Å². The van der Waals surface area contributed by atoms with Crippen molar-refractivity contribution in [3.8, 4) is 5.75 Å². The second-order valence-corrected chi connectivity index (χ2v) is 5.72. The van der Waals surface area contributed by atoms with Gasteiger partial charge in [0.25, 0.3) is 5.91 Å². The predicted octanol–water partition coefficient (Wildman–Crippen LogP) is 4.01. The van der Waals surface area contributed by atoms with Gasteiger partial charge in [0, 0.05) is 16.4 Å². The minimum absolute atomic E-state index is 0.103. The van der Waals surface area contributed by atoms with Crippen molar-refractivity contribution >= 4 is 44.8 Å². The van der Waals surface area contributed by atoms with E-state index < -0.39 is 0 Å². The third kappa shape index (κ3) is 4.12. The molecular formula is C15H14BrClN2O2. The Labute approximate surface area is 136 Å². The number of anilines is 2. The van der Waals surface area contributed by atoms with Gasteiger partial charge in [0.15, 0.2) is 6.61 Å². The highest BCUT2D eigenvalue weighted by Crippen LogP contribution is 2.28. The molecule has 0 atom stereocenters. The molecule has 0 aliphatic heterocycles. The summed E-state index contributed by atoms with van der Waals surface area (Å²) in [5.74, 6) is 0.296. The van der Waals surface area contributed by atoms with Crippen molar-refractivity contribution in [1.29, 1.82) is 0 Å². The molecule has 4 nitrogen and oxygen atoms in total. The van der Waals surface area contributed by atoms with Crippen LogP contribution in [-0.4, -0.2) is 12.5 Å². The van der Waals surface area contributed by atoms with Crippen LogP contribution < -0.4 is 15.8 Å². The zero-order valence-corrected chi connectivity index (χ0v) is 13.7. The van der Waals surface area contributed by atoms with Gasteiger partial charge in [-0.05, 0) is 58.7 Å². The van der Waals surface area contributed by atoms with E-state index in [2.05, 4.69) is 21.2 Å². The molecule has 0 bridgehead atoms. The third-order valence-corrected chi connectivity index (χ3v) is 3.76. The lowest BCUT2D eigenvalue weighted by Gasteiger charge is -2.11. The van der Waals surface area contributed by atoms with E-state index in [1.54, 1.807) is 36.4 Å². The van der Waals surface area contributed by atoms with Crippen LogP contribution >= 0.6 is 27.5 Å². The molecule has 0 saturated heterocycles. The smallest absolute Gasteiger partial charge is 0.262 e. The first-order chi connectivity index (χ1) is 9.97. The molecule has 21 heavy (non-hydrogen) atoms. The van der Waals surface area contributed by atoms with Crippen molar-refractivity contribution < 1.29 is 9.53 Å². The number of rotatable bonds is 4. The number of hydrogen-bond acceptors (Lipinski definition) is 3. The fourth-order valence-electron chi connectivity index (χ4n) is 1.71. The predicted molar refractivity (Wildman–Crippen MR) is 88.9 cm³/mol. The molecule has 0 spiro atoms. The molecule has 0 heterocycles. The Morgan fingerprint density at radius 3 is 2.86 bits per heavy atom. The number of hydrogen-bond donors (Lipinski definition) is 2. The number of nitrogens with two attached hydrogens (primary N) is 1. The molecular weight excluding hydrogens is 356 g/mol. The summed E-state index contributed by atoms with van der Waals surface area (Å²) in [6.45, 7) is 1.75. The summed E-state index contributed by atoms with van der Waals surface area (Å²) in [7, 11) is 0. The number of nitrogens with one attached hydrogen (secondary N) is 1. The standard InChI is InChI=1S/C15H14BrClN2O2/c1-9-12(18)3-2-4-13(9)19-15(20)8-21-14-6-5-10(17)7-11(14)16/h2-7H,8,18H2,1H3,(H,19,20). The van der Waals surface area contributed by atoms with Crippen LogP contribution in [0.2, 0.25) is 5.02 Å². The maximum absolute atomic E-state index is 11.9. The molecule has 0 radical (unpaired) electrons. The molecule has 0 saturated carbocycles. The maximum Gasteiger partial charge on any atom is 0.262 e. The fraction of sp³-hybridized carbons (Fsp3) is 0.133. The van der Waals surface area contributed by atoms with Crippen molar-refractivity contribution in [2.45, 2.75) is 6.92 Å². The van der Waals surface area contributed by atoms with Crippen LogP contribution in [-0.2, 0) is 4.79 Å². The van der Waals surface area contributed by atoms with Crippen molar-refractivity contribution in [3.05, 3.63) is 51.5 Å². The molecule has 0 unspecified atom stereocenters. The lowest BCUT2D eigenvalue weighted by Crippen LogP contribution is -2.21. The van der Waals surface area contributed by atoms with E-state index in [4.69, 9.17) is 22.1 Å². The summed E-state index contributed by atoms with van der Waals surface area (Å²) >= 11 is 9.17. The second-order valence-electron chi connectivity index (χ2n) is 4.43. The summed E-state index contributed by atoms with van der Waals surface area (Å²) in [6, 6.07) is 10.5. The first-order valence-corrected chi connectivity index (χ1v) is 7.37. The lowest BCUT2D eigenvalue weighted by atomic mass is 10.1. The molecule has 3 N–H and O–H groups in total. The van der Waals surface area contributed by atoms with Gasteiger partial charge < -0.3 is 15.8 Å². The summed E-state index contributed by atoms with van der Waals surface area (Å²) in [5, 5.41) is 3.36. The minimum atomic E-state index is -0.259. The Kier molecular flexibility index (Phi) is 5.09. The van der Waals surface area contributed by atoms with Crippen LogP contribution in [0.5, 0.6) is 5.75 Å². The number of benzene rings is 2. The lowest BCUT2D eigenvalue weighted by molar-refractivity contribution is -0.118. The first kappa shape index (κ1) is 15.7. The summed E-state index contributed by atoms with van der Waals surface area (Å²) < 4.78 is 6.14. The van der Waals surface area contributed by atoms with E-state index in [0.29, 0.717) is 26.6 Å². The first-order valence-electron chi connectivity index (χ1n) is 6.20. The van der Waals surface area contributed by atoms with E-state index in [1.807, 2.05) is 6.92 Å². The normalized spacial score (nSPS) is 10.2. The quantitative estimate of drug-likeness (QED) is 0.800. The van der Waals surface area contributed by atoms with Crippen LogP contribution in [0.1, 0.15) is 5.56 Å². The van der Waals surface area contributed by atoms with Gasteiger partial charge >= 0.3 is 0 Å². The average Bonchev–Trinajstić information content (AvgIpc) is 2.43. The van der Waals surface area contributed by atoms with Gasteiger partial charge in [0.2, 0.25) is 0 Å². The van der Waals surface area contributed by atoms with Gasteiger partial charge in [0.05, 0.1) is 4.47 Å². The summed E-state index contributed by atoms with van der Waals surface area (Å²) in [4.78, 5) is 11.9. The summed E-state index contributed by atoms with van der Waals surface area (Å²) in [5.41, 5.74) is 7.94. The van der Waals surface area contributed by atoms with Gasteiger partial charge in [-0.1, -0.05) is 17.7 Å². The van der Waals surface area contributed by atoms with Gasteiger partial charge in [-0.25, -0.2) is 0 Å². The number of ether oxygens (including phenoxy) is 1. The zero-order chi connectivity index (χ0) is 15.4. The minimum Gasteiger partial charge on any atom is -0.483 e. The molecule has 0 aromatic heterocycles. The number of carbonyl (C=O) groups excluding carboxylic acids is 1. The zero-order valence-electron chi connectivity index (χ0n) is 11.3. The Morgan fingerprint density at radius 2 is 2.14 bits per heavy atom. The number of nitrogen functional groups attached to an aromatic ring is 1.